The molecule has 256 valence electrons. The molecule has 4 unspecified atom stereocenters. The molecule has 3 aromatic carbocycles. The Morgan fingerprint density at radius 2 is 1.59 bits per heavy atom. The molecule has 1 heterocycles. The number of hydrogen-bond acceptors (Lipinski definition) is 12. The second-order valence-corrected chi connectivity index (χ2v) is 11.9. The van der Waals surface area contributed by atoms with E-state index >= 15 is 0 Å². The molecule has 1 aliphatic heterocycles. The molecule has 49 heavy (non-hydrogen) atoms. The van der Waals surface area contributed by atoms with Crippen LogP contribution >= 0.6 is 0 Å². The van der Waals surface area contributed by atoms with E-state index in [1.165, 1.54) is 21.1 Å². The van der Waals surface area contributed by atoms with Crippen molar-refractivity contribution in [2.45, 2.75) is 57.8 Å². The van der Waals surface area contributed by atoms with Crippen LogP contribution in [0, 0.1) is 5.92 Å². The summed E-state index contributed by atoms with van der Waals surface area (Å²) < 4.78 is 44.9. The van der Waals surface area contributed by atoms with Gasteiger partial charge in [0.15, 0.2) is 17.1 Å². The van der Waals surface area contributed by atoms with Crippen LogP contribution in [0.25, 0.3) is 0 Å². The van der Waals surface area contributed by atoms with Crippen molar-refractivity contribution in [3.63, 3.8) is 0 Å². The van der Waals surface area contributed by atoms with Crippen molar-refractivity contribution in [1.29, 1.82) is 0 Å². The monoisotopic (exact) mass is 686 g/mol. The molecular formula is C36H39NaO12. The number of fused-ring (bicyclic) bond motifs is 2. The van der Waals surface area contributed by atoms with Crippen LogP contribution in [0.15, 0.2) is 54.6 Å². The van der Waals surface area contributed by atoms with E-state index in [2.05, 4.69) is 0 Å². The minimum Gasteiger partial charge on any atom is -0.546 e. The molecule has 13 heteroatoms. The van der Waals surface area contributed by atoms with Crippen molar-refractivity contribution in [3.05, 3.63) is 76.9 Å². The van der Waals surface area contributed by atoms with Gasteiger partial charge >= 0.3 is 41.5 Å². The van der Waals surface area contributed by atoms with Gasteiger partial charge in [-0.15, -0.1) is 0 Å². The van der Waals surface area contributed by atoms with Gasteiger partial charge in [0.25, 0.3) is 0 Å². The molecular weight excluding hydrogens is 647 g/mol. The number of ether oxygens (including phenoxy) is 8. The smallest absolute Gasteiger partial charge is 0.546 e. The Labute approximate surface area is 307 Å². The van der Waals surface area contributed by atoms with Crippen molar-refractivity contribution >= 4 is 17.9 Å². The number of carboxylic acids is 1. The molecule has 0 bridgehead atoms. The summed E-state index contributed by atoms with van der Waals surface area (Å²) in [5.41, 5.74) is 1.51. The van der Waals surface area contributed by atoms with E-state index in [4.69, 9.17) is 37.9 Å². The van der Waals surface area contributed by atoms with Crippen LogP contribution in [0.1, 0.15) is 68.2 Å². The first kappa shape index (κ1) is 37.8. The first-order valence-corrected chi connectivity index (χ1v) is 15.6. The molecule has 0 saturated heterocycles. The Hall–Kier alpha value is -3.97. The molecule has 0 N–H and O–H groups in total. The van der Waals surface area contributed by atoms with Crippen molar-refractivity contribution in [3.8, 4) is 28.7 Å². The number of carboxylic acid groups (broad SMARTS) is 1. The zero-order chi connectivity index (χ0) is 34.6. The van der Waals surface area contributed by atoms with E-state index in [-0.39, 0.29) is 42.1 Å². The maximum Gasteiger partial charge on any atom is 1.00 e. The number of methoxy groups -OCH3 is 2. The summed E-state index contributed by atoms with van der Waals surface area (Å²) in [6.07, 6.45) is -0.486. The topological polar surface area (TPSA) is 148 Å². The van der Waals surface area contributed by atoms with Gasteiger partial charge in [-0.2, -0.15) is 0 Å². The number of hydrogen-bond donors (Lipinski definition) is 0. The molecule has 0 saturated carbocycles. The summed E-state index contributed by atoms with van der Waals surface area (Å²) in [5, 5.41) is 11.5. The van der Waals surface area contributed by atoms with Gasteiger partial charge in [0.1, 0.15) is 23.9 Å². The second kappa shape index (κ2) is 16.2. The largest absolute Gasteiger partial charge is 1.00 e. The second-order valence-electron chi connectivity index (χ2n) is 11.9. The van der Waals surface area contributed by atoms with E-state index in [0.717, 1.165) is 23.1 Å². The van der Waals surface area contributed by atoms with Gasteiger partial charge < -0.3 is 47.8 Å². The maximum absolute atomic E-state index is 14.5. The molecule has 5 rings (SSSR count). The Balaban J connectivity index is 0.00000541. The third-order valence-electron chi connectivity index (χ3n) is 8.41. The SMILES string of the molecule is CCCOc1ccc2c(c1)C(c1ccc(OC)cc1OCC(=O)[O-])C(C(=O)OC(C)OC(=O)C(C)(C)OC)C2c1ccc2c(c1)OCO2.[Na+]. The zero-order valence-electron chi connectivity index (χ0n) is 28.7. The summed E-state index contributed by atoms with van der Waals surface area (Å²) in [7, 11) is 2.85. The van der Waals surface area contributed by atoms with Crippen molar-refractivity contribution < 1.29 is 86.9 Å². The predicted octanol–water partition coefficient (Wildman–Crippen LogP) is 1.10. The molecule has 2 aliphatic rings. The van der Waals surface area contributed by atoms with Crippen LogP contribution in [-0.2, 0) is 28.6 Å². The quantitative estimate of drug-likeness (QED) is 0.136. The Kier molecular flexibility index (Phi) is 12.5. The van der Waals surface area contributed by atoms with Gasteiger partial charge in [0.2, 0.25) is 13.1 Å². The maximum atomic E-state index is 14.5. The van der Waals surface area contributed by atoms with Crippen molar-refractivity contribution in [2.24, 2.45) is 5.92 Å². The first-order valence-electron chi connectivity index (χ1n) is 15.6. The van der Waals surface area contributed by atoms with Gasteiger partial charge in [-0.05, 0) is 67.3 Å². The number of esters is 2. The van der Waals surface area contributed by atoms with Crippen molar-refractivity contribution in [2.75, 3.05) is 34.2 Å². The van der Waals surface area contributed by atoms with Gasteiger partial charge in [-0.1, -0.05) is 25.1 Å². The van der Waals surface area contributed by atoms with E-state index in [9.17, 15) is 19.5 Å². The number of carbonyl (C=O) groups excluding carboxylic acids is 3. The number of rotatable bonds is 14. The minimum absolute atomic E-state index is 0. The van der Waals surface area contributed by atoms with Gasteiger partial charge in [-0.3, -0.25) is 4.79 Å². The fourth-order valence-corrected chi connectivity index (χ4v) is 5.92. The Bertz CT molecular complexity index is 1670. The van der Waals surface area contributed by atoms with E-state index in [1.807, 2.05) is 37.3 Å². The average Bonchev–Trinajstić information content (AvgIpc) is 3.68. The summed E-state index contributed by atoms with van der Waals surface area (Å²) in [6.45, 7) is 6.34. The Morgan fingerprint density at radius 1 is 0.878 bits per heavy atom. The molecule has 0 spiro atoms. The summed E-state index contributed by atoms with van der Waals surface area (Å²) >= 11 is 0. The van der Waals surface area contributed by atoms with Crippen LogP contribution in [0.4, 0.5) is 0 Å². The van der Waals surface area contributed by atoms with Crippen LogP contribution in [0.2, 0.25) is 0 Å². The predicted molar refractivity (Wildman–Crippen MR) is 168 cm³/mol. The molecule has 1 aliphatic carbocycles. The average molecular weight is 687 g/mol. The summed E-state index contributed by atoms with van der Waals surface area (Å²) in [4.78, 5) is 38.7. The molecule has 0 aromatic heterocycles. The number of carbonyl (C=O) groups is 3. The number of aliphatic carboxylic acids is 1. The van der Waals surface area contributed by atoms with Crippen LogP contribution in [-0.4, -0.2) is 64.0 Å². The fourth-order valence-electron chi connectivity index (χ4n) is 5.92. The molecule has 0 amide bonds. The van der Waals surface area contributed by atoms with Crippen LogP contribution < -0.4 is 58.3 Å². The molecule has 3 aromatic rings. The summed E-state index contributed by atoms with van der Waals surface area (Å²) in [6, 6.07) is 16.1. The third-order valence-corrected chi connectivity index (χ3v) is 8.41. The molecule has 0 radical (unpaired) electrons. The van der Waals surface area contributed by atoms with Crippen LogP contribution in [0.5, 0.6) is 28.7 Å². The van der Waals surface area contributed by atoms with Gasteiger partial charge in [-0.25, -0.2) is 4.79 Å². The van der Waals surface area contributed by atoms with Gasteiger partial charge in [0, 0.05) is 37.5 Å². The first-order chi connectivity index (χ1) is 23.0. The van der Waals surface area contributed by atoms with Gasteiger partial charge in [0.05, 0.1) is 25.6 Å². The Morgan fingerprint density at radius 3 is 2.29 bits per heavy atom. The number of benzene rings is 3. The molecule has 0 fully saturated rings. The molecule has 12 nitrogen and oxygen atoms in total. The van der Waals surface area contributed by atoms with E-state index in [0.29, 0.717) is 35.2 Å². The zero-order valence-corrected chi connectivity index (χ0v) is 30.7. The van der Waals surface area contributed by atoms with E-state index in [1.54, 1.807) is 38.1 Å². The standard InChI is InChI=1S/C36H40O12.Na/c1-7-14-43-23-10-11-24-26(16-23)32(25-12-9-22(41-5)17-28(25)44-18-30(37)38)33(31(24)21-8-13-27-29(15-21)46-19-45-27)34(39)47-20(2)48-35(40)36(3,4)42-6;/h8-13,15-17,20,31-33H,7,14,18-19H2,1-6H3,(H,37,38);/q;+1/p-1. The fraction of sp³-hybridized carbons (Fsp3) is 0.417. The third kappa shape index (κ3) is 8.26. The molecule has 4 atom stereocenters. The van der Waals surface area contributed by atoms with Crippen molar-refractivity contribution in [1.82, 2.24) is 0 Å². The minimum atomic E-state index is -1.42. The van der Waals surface area contributed by atoms with E-state index < -0.39 is 54.2 Å². The van der Waals surface area contributed by atoms with Crippen LogP contribution in [0.3, 0.4) is 0 Å². The summed E-state index contributed by atoms with van der Waals surface area (Å²) in [5.74, 6) is -2.82. The normalized spacial score (nSPS) is 18.0.